The van der Waals surface area contributed by atoms with Crippen molar-refractivity contribution < 1.29 is 4.42 Å². The molecule has 3 heteroatoms. The first-order valence-electron chi connectivity index (χ1n) is 6.72. The van der Waals surface area contributed by atoms with Crippen molar-refractivity contribution in [3.63, 3.8) is 0 Å². The zero-order valence-corrected chi connectivity index (χ0v) is 11.1. The monoisotopic (exact) mass is 244 g/mol. The van der Waals surface area contributed by atoms with E-state index in [4.69, 9.17) is 4.42 Å². The summed E-state index contributed by atoms with van der Waals surface area (Å²) in [7, 11) is 0. The van der Waals surface area contributed by atoms with Crippen LogP contribution in [0.5, 0.6) is 0 Å². The first-order chi connectivity index (χ1) is 8.75. The number of rotatable bonds is 2. The molecule has 1 aromatic carbocycles. The molecule has 2 heterocycles. The predicted molar refractivity (Wildman–Crippen MR) is 75.4 cm³/mol. The SMILES string of the molecule is CC(C)c1ccc2occ(N3CCNCC3)c2c1. The molecule has 0 radical (unpaired) electrons. The number of hydrogen-bond donors (Lipinski definition) is 1. The molecular formula is C15H20N2O. The summed E-state index contributed by atoms with van der Waals surface area (Å²) in [5, 5.41) is 4.63. The highest BCUT2D eigenvalue weighted by Crippen LogP contribution is 2.31. The van der Waals surface area contributed by atoms with E-state index >= 15 is 0 Å². The van der Waals surface area contributed by atoms with Crippen molar-refractivity contribution in [3.8, 4) is 0 Å². The van der Waals surface area contributed by atoms with Crippen molar-refractivity contribution >= 4 is 16.7 Å². The Labute approximate surface area is 108 Å². The van der Waals surface area contributed by atoms with Gasteiger partial charge in [-0.1, -0.05) is 19.9 Å². The molecule has 1 aliphatic heterocycles. The minimum Gasteiger partial charge on any atom is -0.462 e. The maximum Gasteiger partial charge on any atom is 0.136 e. The van der Waals surface area contributed by atoms with E-state index in [0.29, 0.717) is 5.92 Å². The van der Waals surface area contributed by atoms with Crippen molar-refractivity contribution in [2.45, 2.75) is 19.8 Å². The second-order valence-corrected chi connectivity index (χ2v) is 5.27. The van der Waals surface area contributed by atoms with Crippen molar-refractivity contribution in [3.05, 3.63) is 30.0 Å². The first-order valence-corrected chi connectivity index (χ1v) is 6.72. The molecule has 3 nitrogen and oxygen atoms in total. The van der Waals surface area contributed by atoms with E-state index in [1.165, 1.54) is 16.6 Å². The standard InChI is InChI=1S/C15H20N2O/c1-11(2)12-3-4-15-13(9-12)14(10-18-15)17-7-5-16-6-8-17/h3-4,9-11,16H,5-8H2,1-2H3. The third-order valence-electron chi connectivity index (χ3n) is 3.70. The van der Waals surface area contributed by atoms with Crippen molar-refractivity contribution in [2.75, 3.05) is 31.1 Å². The third kappa shape index (κ3) is 1.99. The lowest BCUT2D eigenvalue weighted by atomic mass is 10.0. The molecule has 0 unspecified atom stereocenters. The van der Waals surface area contributed by atoms with Gasteiger partial charge >= 0.3 is 0 Å². The van der Waals surface area contributed by atoms with Crippen LogP contribution >= 0.6 is 0 Å². The predicted octanol–water partition coefficient (Wildman–Crippen LogP) is 2.97. The van der Waals surface area contributed by atoms with Crippen LogP contribution in [0, 0.1) is 0 Å². The highest BCUT2D eigenvalue weighted by molar-refractivity contribution is 5.91. The number of hydrogen-bond acceptors (Lipinski definition) is 3. The van der Waals surface area contributed by atoms with Crippen LogP contribution in [-0.2, 0) is 0 Å². The molecular weight excluding hydrogens is 224 g/mol. The van der Waals surface area contributed by atoms with Gasteiger partial charge in [0.05, 0.1) is 5.69 Å². The van der Waals surface area contributed by atoms with Gasteiger partial charge in [0, 0.05) is 31.6 Å². The number of anilines is 1. The molecule has 1 aromatic heterocycles. The Kier molecular flexibility index (Phi) is 3.00. The molecule has 3 rings (SSSR count). The second-order valence-electron chi connectivity index (χ2n) is 5.27. The highest BCUT2D eigenvalue weighted by Gasteiger charge is 2.16. The van der Waals surface area contributed by atoms with Gasteiger partial charge < -0.3 is 14.6 Å². The minimum absolute atomic E-state index is 0.556. The first kappa shape index (κ1) is 11.6. The van der Waals surface area contributed by atoms with Gasteiger partial charge in [0.25, 0.3) is 0 Å². The fraction of sp³-hybridized carbons (Fsp3) is 0.467. The Bertz CT molecular complexity index is 538. The van der Waals surface area contributed by atoms with Crippen LogP contribution in [-0.4, -0.2) is 26.2 Å². The summed E-state index contributed by atoms with van der Waals surface area (Å²) in [6.45, 7) is 8.67. The number of piperazine rings is 1. The molecule has 0 spiro atoms. The molecule has 0 aliphatic carbocycles. The number of benzene rings is 1. The number of nitrogens with one attached hydrogen (secondary N) is 1. The van der Waals surface area contributed by atoms with Crippen LogP contribution in [0.15, 0.2) is 28.9 Å². The lowest BCUT2D eigenvalue weighted by Crippen LogP contribution is -2.43. The Morgan fingerprint density at radius 3 is 2.72 bits per heavy atom. The lowest BCUT2D eigenvalue weighted by molar-refractivity contribution is 0.578. The zero-order chi connectivity index (χ0) is 12.5. The smallest absolute Gasteiger partial charge is 0.136 e. The average molecular weight is 244 g/mol. The van der Waals surface area contributed by atoms with Gasteiger partial charge in [-0.15, -0.1) is 0 Å². The number of nitrogens with zero attached hydrogens (tertiary/aromatic N) is 1. The van der Waals surface area contributed by atoms with E-state index in [9.17, 15) is 0 Å². The van der Waals surface area contributed by atoms with Crippen molar-refractivity contribution in [2.24, 2.45) is 0 Å². The molecule has 1 N–H and O–H groups in total. The van der Waals surface area contributed by atoms with Gasteiger partial charge in [0.2, 0.25) is 0 Å². The maximum absolute atomic E-state index is 5.67. The van der Waals surface area contributed by atoms with Crippen LogP contribution in [0.2, 0.25) is 0 Å². The van der Waals surface area contributed by atoms with Crippen molar-refractivity contribution in [1.29, 1.82) is 0 Å². The average Bonchev–Trinajstić information content (AvgIpc) is 2.82. The summed E-state index contributed by atoms with van der Waals surface area (Å²) < 4.78 is 5.67. The highest BCUT2D eigenvalue weighted by atomic mass is 16.3. The summed E-state index contributed by atoms with van der Waals surface area (Å²) in [4.78, 5) is 2.41. The Balaban J connectivity index is 2.03. The molecule has 1 saturated heterocycles. The quantitative estimate of drug-likeness (QED) is 0.880. The molecule has 0 saturated carbocycles. The van der Waals surface area contributed by atoms with E-state index in [1.807, 2.05) is 6.26 Å². The van der Waals surface area contributed by atoms with Crippen LogP contribution in [0.25, 0.3) is 11.0 Å². The van der Waals surface area contributed by atoms with Gasteiger partial charge in [0.1, 0.15) is 11.8 Å². The number of furan rings is 1. The van der Waals surface area contributed by atoms with Crippen molar-refractivity contribution in [1.82, 2.24) is 5.32 Å². The molecule has 0 amide bonds. The maximum atomic E-state index is 5.67. The van der Waals surface area contributed by atoms with Crippen LogP contribution in [0.3, 0.4) is 0 Å². The second kappa shape index (κ2) is 4.65. The summed E-state index contributed by atoms with van der Waals surface area (Å²) in [6.07, 6.45) is 1.90. The van der Waals surface area contributed by atoms with Gasteiger partial charge in [-0.3, -0.25) is 0 Å². The summed E-state index contributed by atoms with van der Waals surface area (Å²) in [5.74, 6) is 0.556. The topological polar surface area (TPSA) is 28.4 Å². The molecule has 1 aliphatic rings. The molecule has 1 fully saturated rings. The third-order valence-corrected chi connectivity index (χ3v) is 3.70. The summed E-state index contributed by atoms with van der Waals surface area (Å²) in [5.41, 5.74) is 3.61. The fourth-order valence-corrected chi connectivity index (χ4v) is 2.54. The molecule has 0 bridgehead atoms. The van der Waals surface area contributed by atoms with E-state index in [1.54, 1.807) is 0 Å². The zero-order valence-electron chi connectivity index (χ0n) is 11.1. The fourth-order valence-electron chi connectivity index (χ4n) is 2.54. The van der Waals surface area contributed by atoms with E-state index in [0.717, 1.165) is 31.8 Å². The van der Waals surface area contributed by atoms with Crippen LogP contribution < -0.4 is 10.2 Å². The molecule has 0 atom stereocenters. The van der Waals surface area contributed by atoms with Crippen LogP contribution in [0.4, 0.5) is 5.69 Å². The van der Waals surface area contributed by atoms with E-state index < -0.39 is 0 Å². The summed E-state index contributed by atoms with van der Waals surface area (Å²) >= 11 is 0. The van der Waals surface area contributed by atoms with Gasteiger partial charge in [-0.25, -0.2) is 0 Å². The van der Waals surface area contributed by atoms with Gasteiger partial charge in [-0.2, -0.15) is 0 Å². The van der Waals surface area contributed by atoms with Gasteiger partial charge in [-0.05, 0) is 23.6 Å². The Hall–Kier alpha value is -1.48. The van der Waals surface area contributed by atoms with Gasteiger partial charge in [0.15, 0.2) is 0 Å². The normalized spacial score (nSPS) is 16.7. The molecule has 2 aromatic rings. The Morgan fingerprint density at radius 1 is 1.22 bits per heavy atom. The molecule has 18 heavy (non-hydrogen) atoms. The molecule has 96 valence electrons. The van der Waals surface area contributed by atoms with E-state index in [2.05, 4.69) is 42.3 Å². The lowest BCUT2D eigenvalue weighted by Gasteiger charge is -2.28. The number of fused-ring (bicyclic) bond motifs is 1. The van der Waals surface area contributed by atoms with E-state index in [-0.39, 0.29) is 0 Å². The summed E-state index contributed by atoms with van der Waals surface area (Å²) in [6, 6.07) is 6.54. The Morgan fingerprint density at radius 2 is 2.00 bits per heavy atom. The van der Waals surface area contributed by atoms with Crippen LogP contribution in [0.1, 0.15) is 25.3 Å². The largest absolute Gasteiger partial charge is 0.462 e. The minimum atomic E-state index is 0.556.